The van der Waals surface area contributed by atoms with Gasteiger partial charge in [0.1, 0.15) is 6.04 Å². The summed E-state index contributed by atoms with van der Waals surface area (Å²) in [6.45, 7) is 1.53. The molecule has 0 fully saturated rings. The van der Waals surface area contributed by atoms with Crippen molar-refractivity contribution in [2.75, 3.05) is 12.8 Å². The number of carboxylic acid groups (broad SMARTS) is 1. The molecule has 0 saturated heterocycles. The zero-order chi connectivity index (χ0) is 11.6. The second-order valence-corrected chi connectivity index (χ2v) is 2.92. The lowest BCUT2D eigenvalue weighted by atomic mass is 10.3. The van der Waals surface area contributed by atoms with Crippen molar-refractivity contribution in [3.05, 3.63) is 11.9 Å². The Bertz CT molecular complexity index is 399. The lowest BCUT2D eigenvalue weighted by Crippen LogP contribution is -2.18. The Kier molecular flexibility index (Phi) is 2.93. The highest BCUT2D eigenvalue weighted by atomic mass is 16.5. The van der Waals surface area contributed by atoms with Gasteiger partial charge in [0.2, 0.25) is 0 Å². The van der Waals surface area contributed by atoms with Gasteiger partial charge in [-0.2, -0.15) is 5.10 Å². The number of nitrogens with zero attached hydrogens (tertiary/aromatic N) is 2. The van der Waals surface area contributed by atoms with Crippen molar-refractivity contribution in [3.63, 3.8) is 0 Å². The maximum atomic E-state index is 11.1. The number of methoxy groups -OCH3 is 1. The molecule has 1 aromatic heterocycles. The Morgan fingerprint density at radius 3 is 2.67 bits per heavy atom. The highest BCUT2D eigenvalue weighted by Crippen LogP contribution is 2.14. The first kappa shape index (κ1) is 11.0. The molecule has 0 aliphatic rings. The standard InChI is InChI=1S/C8H11N3O4/c1-4(8(14)15-2)11-3-5(9)6(10-11)7(12)13/h3-4H,9H2,1-2H3,(H,12,13). The van der Waals surface area contributed by atoms with Gasteiger partial charge in [0.05, 0.1) is 12.8 Å². The van der Waals surface area contributed by atoms with Crippen molar-refractivity contribution in [2.24, 2.45) is 0 Å². The number of aromatic carboxylic acids is 1. The van der Waals surface area contributed by atoms with Crippen LogP contribution in [0.2, 0.25) is 0 Å². The van der Waals surface area contributed by atoms with Crippen molar-refractivity contribution in [2.45, 2.75) is 13.0 Å². The molecule has 0 spiro atoms. The van der Waals surface area contributed by atoms with Crippen LogP contribution >= 0.6 is 0 Å². The number of nitrogens with two attached hydrogens (primary N) is 1. The predicted octanol–water partition coefficient (Wildman–Crippen LogP) is -0.103. The van der Waals surface area contributed by atoms with Gasteiger partial charge in [-0.1, -0.05) is 0 Å². The van der Waals surface area contributed by atoms with Crippen LogP contribution in [0, 0.1) is 0 Å². The number of hydrogen-bond acceptors (Lipinski definition) is 5. The molecule has 1 unspecified atom stereocenters. The fraction of sp³-hybridized carbons (Fsp3) is 0.375. The minimum atomic E-state index is -1.23. The van der Waals surface area contributed by atoms with Crippen LogP contribution < -0.4 is 5.73 Å². The van der Waals surface area contributed by atoms with Crippen molar-refractivity contribution < 1.29 is 19.4 Å². The molecule has 1 heterocycles. The number of ether oxygens (including phenoxy) is 1. The van der Waals surface area contributed by atoms with Gasteiger partial charge in [0.25, 0.3) is 0 Å². The summed E-state index contributed by atoms with van der Waals surface area (Å²) < 4.78 is 5.65. The molecule has 1 rings (SSSR count). The SMILES string of the molecule is COC(=O)C(C)n1cc(N)c(C(=O)O)n1. The third-order valence-electron chi connectivity index (χ3n) is 1.90. The Hall–Kier alpha value is -2.05. The van der Waals surface area contributed by atoms with Gasteiger partial charge in [0, 0.05) is 6.20 Å². The molecule has 7 heteroatoms. The monoisotopic (exact) mass is 213 g/mol. The first-order valence-electron chi connectivity index (χ1n) is 4.13. The van der Waals surface area contributed by atoms with Crippen LogP contribution in [0.3, 0.4) is 0 Å². The number of carboxylic acids is 1. The summed E-state index contributed by atoms with van der Waals surface area (Å²) >= 11 is 0. The first-order chi connectivity index (χ1) is 6.97. The normalized spacial score (nSPS) is 12.1. The average Bonchev–Trinajstić information content (AvgIpc) is 2.58. The van der Waals surface area contributed by atoms with E-state index in [0.29, 0.717) is 0 Å². The quantitative estimate of drug-likeness (QED) is 0.678. The van der Waals surface area contributed by atoms with Gasteiger partial charge in [0.15, 0.2) is 5.69 Å². The van der Waals surface area contributed by atoms with Crippen LogP contribution in [-0.4, -0.2) is 33.9 Å². The smallest absolute Gasteiger partial charge is 0.358 e. The topological polar surface area (TPSA) is 107 Å². The Balaban J connectivity index is 3.02. The molecule has 7 nitrogen and oxygen atoms in total. The van der Waals surface area contributed by atoms with E-state index in [0.717, 1.165) is 4.68 Å². The summed E-state index contributed by atoms with van der Waals surface area (Å²) in [4.78, 5) is 21.8. The second kappa shape index (κ2) is 3.99. The molecule has 0 aliphatic heterocycles. The van der Waals surface area contributed by atoms with Crippen LogP contribution in [-0.2, 0) is 9.53 Å². The Labute approximate surface area is 85.4 Å². The number of anilines is 1. The zero-order valence-electron chi connectivity index (χ0n) is 8.30. The number of carbonyl (C=O) groups is 2. The lowest BCUT2D eigenvalue weighted by Gasteiger charge is -2.08. The molecular weight excluding hydrogens is 202 g/mol. The third kappa shape index (κ3) is 2.06. The van der Waals surface area contributed by atoms with Gasteiger partial charge in [-0.05, 0) is 6.92 Å². The van der Waals surface area contributed by atoms with E-state index in [1.807, 2.05) is 0 Å². The van der Waals surface area contributed by atoms with Crippen LogP contribution in [0.1, 0.15) is 23.5 Å². The highest BCUT2D eigenvalue weighted by Gasteiger charge is 2.20. The van der Waals surface area contributed by atoms with Crippen LogP contribution in [0.4, 0.5) is 5.69 Å². The first-order valence-corrected chi connectivity index (χ1v) is 4.13. The predicted molar refractivity (Wildman–Crippen MR) is 50.3 cm³/mol. The van der Waals surface area contributed by atoms with Crippen LogP contribution in [0.15, 0.2) is 6.20 Å². The molecule has 82 valence electrons. The van der Waals surface area contributed by atoms with Crippen LogP contribution in [0.25, 0.3) is 0 Å². The summed E-state index contributed by atoms with van der Waals surface area (Å²) in [6, 6.07) is -0.703. The number of rotatable bonds is 3. The number of hydrogen-bond donors (Lipinski definition) is 2. The molecule has 0 radical (unpaired) electrons. The zero-order valence-corrected chi connectivity index (χ0v) is 8.30. The fourth-order valence-corrected chi connectivity index (χ4v) is 1.05. The molecule has 0 amide bonds. The maximum Gasteiger partial charge on any atom is 0.358 e. The number of carbonyl (C=O) groups excluding carboxylic acids is 1. The van der Waals surface area contributed by atoms with E-state index >= 15 is 0 Å². The number of aromatic nitrogens is 2. The Morgan fingerprint density at radius 2 is 2.27 bits per heavy atom. The minimum absolute atomic E-state index is 0.0123. The lowest BCUT2D eigenvalue weighted by molar-refractivity contribution is -0.144. The van der Waals surface area contributed by atoms with Gasteiger partial charge in [-0.15, -0.1) is 0 Å². The molecule has 3 N–H and O–H groups in total. The molecule has 1 atom stereocenters. The molecule has 0 bridgehead atoms. The summed E-state index contributed by atoms with van der Waals surface area (Å²) in [7, 11) is 1.24. The summed E-state index contributed by atoms with van der Waals surface area (Å²) in [5.74, 6) is -1.75. The largest absolute Gasteiger partial charge is 0.476 e. The minimum Gasteiger partial charge on any atom is -0.476 e. The van der Waals surface area contributed by atoms with Gasteiger partial charge in [-0.25, -0.2) is 9.59 Å². The number of esters is 1. The molecule has 0 aromatic carbocycles. The van der Waals surface area contributed by atoms with Crippen molar-refractivity contribution in [1.29, 1.82) is 0 Å². The van der Waals surface area contributed by atoms with E-state index in [1.54, 1.807) is 0 Å². The summed E-state index contributed by atoms with van der Waals surface area (Å²) in [5.41, 5.74) is 5.15. The second-order valence-electron chi connectivity index (χ2n) is 2.92. The molecule has 15 heavy (non-hydrogen) atoms. The molecule has 1 aromatic rings. The third-order valence-corrected chi connectivity index (χ3v) is 1.90. The molecular formula is C8H11N3O4. The van der Waals surface area contributed by atoms with Crippen molar-refractivity contribution >= 4 is 17.6 Å². The van der Waals surface area contributed by atoms with E-state index < -0.39 is 18.0 Å². The van der Waals surface area contributed by atoms with Crippen molar-refractivity contribution in [3.8, 4) is 0 Å². The fourth-order valence-electron chi connectivity index (χ4n) is 1.05. The highest BCUT2D eigenvalue weighted by molar-refractivity contribution is 5.91. The van der Waals surface area contributed by atoms with E-state index in [1.165, 1.54) is 20.2 Å². The van der Waals surface area contributed by atoms with Gasteiger partial charge < -0.3 is 15.6 Å². The van der Waals surface area contributed by atoms with Gasteiger partial charge in [-0.3, -0.25) is 4.68 Å². The van der Waals surface area contributed by atoms with Crippen LogP contribution in [0.5, 0.6) is 0 Å². The maximum absolute atomic E-state index is 11.1. The van der Waals surface area contributed by atoms with Crippen molar-refractivity contribution in [1.82, 2.24) is 9.78 Å². The summed E-state index contributed by atoms with van der Waals surface area (Å²) in [5, 5.41) is 12.4. The molecule has 0 saturated carbocycles. The van der Waals surface area contributed by atoms with E-state index in [2.05, 4.69) is 9.84 Å². The average molecular weight is 213 g/mol. The van der Waals surface area contributed by atoms with Gasteiger partial charge >= 0.3 is 11.9 Å². The Morgan fingerprint density at radius 1 is 1.67 bits per heavy atom. The van der Waals surface area contributed by atoms with E-state index in [4.69, 9.17) is 10.8 Å². The van der Waals surface area contributed by atoms with E-state index in [9.17, 15) is 9.59 Å². The molecule has 0 aliphatic carbocycles. The van der Waals surface area contributed by atoms with E-state index in [-0.39, 0.29) is 11.4 Å². The summed E-state index contributed by atoms with van der Waals surface area (Å²) in [6.07, 6.45) is 1.28. The number of nitrogen functional groups attached to an aromatic ring is 1.